The van der Waals surface area contributed by atoms with Crippen molar-refractivity contribution in [2.45, 2.75) is 0 Å². The van der Waals surface area contributed by atoms with E-state index in [1.807, 2.05) is 0 Å². The van der Waals surface area contributed by atoms with Crippen molar-refractivity contribution in [3.05, 3.63) is 36.9 Å². The Hall–Kier alpha value is -1.95. The van der Waals surface area contributed by atoms with Gasteiger partial charge in [-0.2, -0.15) is 5.10 Å². The van der Waals surface area contributed by atoms with Crippen molar-refractivity contribution in [2.24, 2.45) is 0 Å². The Bertz CT molecular complexity index is 316. The van der Waals surface area contributed by atoms with E-state index in [1.165, 1.54) is 18.5 Å². The highest BCUT2D eigenvalue weighted by molar-refractivity contribution is 5.91. The fraction of sp³-hybridized carbons (Fsp3) is 0.222. The van der Waals surface area contributed by atoms with Crippen LogP contribution in [0, 0.1) is 0 Å². The molecule has 0 unspecified atom stereocenters. The van der Waals surface area contributed by atoms with Crippen molar-refractivity contribution in [3.63, 3.8) is 0 Å². The van der Waals surface area contributed by atoms with Gasteiger partial charge in [0.2, 0.25) is 0 Å². The Labute approximate surface area is 86.9 Å². The topological polar surface area (TPSA) is 73.3 Å². The molecule has 0 aliphatic carbocycles. The third-order valence-electron chi connectivity index (χ3n) is 1.39. The number of carbonyl (C=O) groups excluding carboxylic acids is 1. The molecule has 0 saturated carbocycles. The van der Waals surface area contributed by atoms with E-state index in [9.17, 15) is 4.79 Å². The summed E-state index contributed by atoms with van der Waals surface area (Å²) in [5.41, 5.74) is 2.40. The Balaban J connectivity index is 2.22. The minimum atomic E-state index is -0.443. The molecule has 1 aromatic heterocycles. The lowest BCUT2D eigenvalue weighted by Crippen LogP contribution is -2.26. The standard InChI is InChI=1S/C9H11N3O3/c1-2-14-6-7-15-12-9(13)8-4-3-5-10-11-8/h2-5H,1,6-7H2,(H,12,13). The lowest BCUT2D eigenvalue weighted by molar-refractivity contribution is 0.0140. The first-order valence-corrected chi connectivity index (χ1v) is 4.27. The van der Waals surface area contributed by atoms with Gasteiger partial charge < -0.3 is 4.74 Å². The van der Waals surface area contributed by atoms with Crippen molar-refractivity contribution in [1.82, 2.24) is 15.7 Å². The van der Waals surface area contributed by atoms with Gasteiger partial charge in [0.1, 0.15) is 13.2 Å². The Morgan fingerprint density at radius 2 is 2.47 bits per heavy atom. The highest BCUT2D eigenvalue weighted by Gasteiger charge is 2.05. The van der Waals surface area contributed by atoms with Gasteiger partial charge in [0.25, 0.3) is 5.91 Å². The molecule has 1 amide bonds. The van der Waals surface area contributed by atoms with Crippen molar-refractivity contribution < 1.29 is 14.4 Å². The molecule has 80 valence electrons. The van der Waals surface area contributed by atoms with Crippen molar-refractivity contribution >= 4 is 5.91 Å². The molecule has 1 heterocycles. The van der Waals surface area contributed by atoms with Crippen molar-refractivity contribution in [2.75, 3.05) is 13.2 Å². The average molecular weight is 209 g/mol. The summed E-state index contributed by atoms with van der Waals surface area (Å²) in [5, 5.41) is 7.16. The van der Waals surface area contributed by atoms with E-state index in [-0.39, 0.29) is 12.3 Å². The monoisotopic (exact) mass is 209 g/mol. The summed E-state index contributed by atoms with van der Waals surface area (Å²) in [7, 11) is 0. The Kier molecular flexibility index (Phi) is 4.82. The number of hydrogen-bond acceptors (Lipinski definition) is 5. The molecule has 0 bridgehead atoms. The molecule has 1 rings (SSSR count). The van der Waals surface area contributed by atoms with E-state index >= 15 is 0 Å². The number of hydrogen-bond donors (Lipinski definition) is 1. The molecule has 6 heteroatoms. The first-order chi connectivity index (χ1) is 7.34. The smallest absolute Gasteiger partial charge is 0.295 e. The average Bonchev–Trinajstić information content (AvgIpc) is 2.30. The number of nitrogens with one attached hydrogen (secondary N) is 1. The maximum absolute atomic E-state index is 11.3. The first-order valence-electron chi connectivity index (χ1n) is 4.27. The van der Waals surface area contributed by atoms with Crippen molar-refractivity contribution in [1.29, 1.82) is 0 Å². The molecular weight excluding hydrogens is 198 g/mol. The van der Waals surface area contributed by atoms with Crippen LogP contribution >= 0.6 is 0 Å². The number of nitrogens with zero attached hydrogens (tertiary/aromatic N) is 2. The molecule has 0 aromatic carbocycles. The van der Waals surface area contributed by atoms with Crippen LogP contribution in [0.5, 0.6) is 0 Å². The number of ether oxygens (including phenoxy) is 1. The van der Waals surface area contributed by atoms with E-state index in [2.05, 4.69) is 22.3 Å². The molecule has 1 aromatic rings. The van der Waals surface area contributed by atoms with Crippen molar-refractivity contribution in [3.8, 4) is 0 Å². The highest BCUT2D eigenvalue weighted by atomic mass is 16.7. The normalized spacial score (nSPS) is 9.33. The van der Waals surface area contributed by atoms with Gasteiger partial charge in [0.05, 0.1) is 6.26 Å². The number of hydroxylamine groups is 1. The third-order valence-corrected chi connectivity index (χ3v) is 1.39. The van der Waals surface area contributed by atoms with Gasteiger partial charge in [0, 0.05) is 6.20 Å². The largest absolute Gasteiger partial charge is 0.499 e. The fourth-order valence-electron chi connectivity index (χ4n) is 0.765. The summed E-state index contributed by atoms with van der Waals surface area (Å²) in [6.45, 7) is 3.92. The van der Waals surface area contributed by atoms with Crippen LogP contribution in [0.3, 0.4) is 0 Å². The lowest BCUT2D eigenvalue weighted by Gasteiger charge is -2.04. The van der Waals surface area contributed by atoms with Gasteiger partial charge in [0.15, 0.2) is 5.69 Å². The molecule has 0 atom stereocenters. The number of aromatic nitrogens is 2. The van der Waals surface area contributed by atoms with Crippen LogP contribution in [-0.2, 0) is 9.57 Å². The second-order valence-corrected chi connectivity index (χ2v) is 2.43. The molecule has 0 radical (unpaired) electrons. The molecule has 0 aliphatic rings. The fourth-order valence-corrected chi connectivity index (χ4v) is 0.765. The number of rotatable bonds is 6. The molecule has 0 fully saturated rings. The van der Waals surface area contributed by atoms with Gasteiger partial charge in [-0.05, 0) is 12.1 Å². The predicted octanol–water partition coefficient (Wildman–Crippen LogP) is 0.298. The lowest BCUT2D eigenvalue weighted by atomic mass is 10.4. The molecule has 0 aliphatic heterocycles. The van der Waals surface area contributed by atoms with Gasteiger partial charge in [-0.1, -0.05) is 6.58 Å². The number of carbonyl (C=O) groups is 1. The van der Waals surface area contributed by atoms with Gasteiger partial charge in [-0.15, -0.1) is 5.10 Å². The van der Waals surface area contributed by atoms with Gasteiger partial charge >= 0.3 is 0 Å². The summed E-state index contributed by atoms with van der Waals surface area (Å²) in [5.74, 6) is -0.443. The van der Waals surface area contributed by atoms with Gasteiger partial charge in [-0.3, -0.25) is 9.63 Å². The number of amides is 1. The first kappa shape index (κ1) is 11.1. The maximum Gasteiger partial charge on any atom is 0.295 e. The minimum absolute atomic E-state index is 0.196. The quantitative estimate of drug-likeness (QED) is 0.414. The maximum atomic E-state index is 11.3. The van der Waals surface area contributed by atoms with Crippen LogP contribution in [0.4, 0.5) is 0 Å². The SMILES string of the molecule is C=COCCONC(=O)c1cccnn1. The summed E-state index contributed by atoms with van der Waals surface area (Å²) < 4.78 is 4.78. The third kappa shape index (κ3) is 4.19. The van der Waals surface area contributed by atoms with Crippen LogP contribution in [0.2, 0.25) is 0 Å². The Morgan fingerprint density at radius 3 is 3.13 bits per heavy atom. The van der Waals surface area contributed by atoms with E-state index in [0.717, 1.165) is 0 Å². The summed E-state index contributed by atoms with van der Waals surface area (Å²) in [6.07, 6.45) is 2.78. The van der Waals surface area contributed by atoms with E-state index in [0.29, 0.717) is 6.61 Å². The Morgan fingerprint density at radius 1 is 1.60 bits per heavy atom. The van der Waals surface area contributed by atoms with Crippen LogP contribution in [0.1, 0.15) is 10.5 Å². The highest BCUT2D eigenvalue weighted by Crippen LogP contribution is 1.90. The van der Waals surface area contributed by atoms with Crippen LogP contribution < -0.4 is 5.48 Å². The summed E-state index contributed by atoms with van der Waals surface area (Å²) >= 11 is 0. The molecular formula is C9H11N3O3. The molecule has 1 N–H and O–H groups in total. The molecule has 15 heavy (non-hydrogen) atoms. The van der Waals surface area contributed by atoms with E-state index < -0.39 is 5.91 Å². The van der Waals surface area contributed by atoms with Gasteiger partial charge in [-0.25, -0.2) is 5.48 Å². The van der Waals surface area contributed by atoms with E-state index in [1.54, 1.807) is 6.07 Å². The zero-order chi connectivity index (χ0) is 10.9. The zero-order valence-corrected chi connectivity index (χ0v) is 8.05. The second kappa shape index (κ2) is 6.50. The van der Waals surface area contributed by atoms with Crippen LogP contribution in [-0.4, -0.2) is 29.3 Å². The molecule has 0 saturated heterocycles. The second-order valence-electron chi connectivity index (χ2n) is 2.43. The van der Waals surface area contributed by atoms with Crippen LogP contribution in [0.15, 0.2) is 31.2 Å². The predicted molar refractivity (Wildman–Crippen MR) is 51.6 cm³/mol. The van der Waals surface area contributed by atoms with Crippen LogP contribution in [0.25, 0.3) is 0 Å². The zero-order valence-electron chi connectivity index (χ0n) is 8.05. The molecule has 0 spiro atoms. The molecule has 6 nitrogen and oxygen atoms in total. The summed E-state index contributed by atoms with van der Waals surface area (Å²) in [4.78, 5) is 16.1. The summed E-state index contributed by atoms with van der Waals surface area (Å²) in [6, 6.07) is 3.15. The minimum Gasteiger partial charge on any atom is -0.499 e. The van der Waals surface area contributed by atoms with E-state index in [4.69, 9.17) is 9.57 Å².